The summed E-state index contributed by atoms with van der Waals surface area (Å²) < 4.78 is 0. The summed E-state index contributed by atoms with van der Waals surface area (Å²) in [4.78, 5) is 18.9. The Morgan fingerprint density at radius 3 is 2.38 bits per heavy atom. The first kappa shape index (κ1) is 17.1. The van der Waals surface area contributed by atoms with Gasteiger partial charge in [-0.15, -0.1) is 0 Å². The molecule has 1 N–H and O–H groups in total. The molecule has 24 heavy (non-hydrogen) atoms. The van der Waals surface area contributed by atoms with Crippen LogP contribution in [0.15, 0.2) is 36.5 Å². The van der Waals surface area contributed by atoms with E-state index >= 15 is 0 Å². The number of carbonyl (C=O) groups excluding carboxylic acids is 1. The van der Waals surface area contributed by atoms with E-state index in [-0.39, 0.29) is 5.91 Å². The third-order valence-electron chi connectivity index (χ3n) is 4.13. The van der Waals surface area contributed by atoms with Crippen molar-refractivity contribution in [3.05, 3.63) is 52.3 Å². The minimum atomic E-state index is -0.268. The number of nitrogens with zero attached hydrogens (tertiary/aromatic N) is 2. The van der Waals surface area contributed by atoms with E-state index in [1.54, 1.807) is 30.5 Å². The fraction of sp³-hybridized carbons (Fsp3) is 0.333. The molecule has 1 aromatic heterocycles. The third-order valence-corrected chi connectivity index (χ3v) is 4.87. The van der Waals surface area contributed by atoms with Crippen molar-refractivity contribution in [2.75, 3.05) is 23.3 Å². The predicted octanol–water partition coefficient (Wildman–Crippen LogP) is 5.02. The van der Waals surface area contributed by atoms with Gasteiger partial charge in [0.15, 0.2) is 0 Å². The van der Waals surface area contributed by atoms with Gasteiger partial charge in [0.1, 0.15) is 5.69 Å². The quantitative estimate of drug-likeness (QED) is 0.832. The molecule has 0 bridgehead atoms. The molecule has 1 aliphatic rings. The molecular weight excluding hydrogens is 345 g/mol. The summed E-state index contributed by atoms with van der Waals surface area (Å²) in [5.74, 6) is -0.268. The lowest BCUT2D eigenvalue weighted by atomic mass is 10.2. The first-order chi connectivity index (χ1) is 11.6. The van der Waals surface area contributed by atoms with Crippen molar-refractivity contribution in [1.82, 2.24) is 4.98 Å². The standard InChI is InChI=1S/C18H19Cl2N3O/c19-15-7-5-13(11-16(15)20)22-18(24)17-8-6-14(12-21-17)23-9-3-1-2-4-10-23/h5-8,11-12H,1-4,9-10H2,(H,22,24). The summed E-state index contributed by atoms with van der Waals surface area (Å²) >= 11 is 11.8. The van der Waals surface area contributed by atoms with Gasteiger partial charge in [-0.25, -0.2) is 4.98 Å². The van der Waals surface area contributed by atoms with Gasteiger partial charge in [-0.05, 0) is 43.2 Å². The highest BCUT2D eigenvalue weighted by molar-refractivity contribution is 6.42. The number of nitrogens with one attached hydrogen (secondary N) is 1. The summed E-state index contributed by atoms with van der Waals surface area (Å²) in [7, 11) is 0. The average molecular weight is 364 g/mol. The highest BCUT2D eigenvalue weighted by atomic mass is 35.5. The molecule has 2 aromatic rings. The van der Waals surface area contributed by atoms with Crippen LogP contribution in [0.1, 0.15) is 36.2 Å². The SMILES string of the molecule is O=C(Nc1ccc(Cl)c(Cl)c1)c1ccc(N2CCCCCC2)cn1. The number of anilines is 2. The molecule has 1 aromatic carbocycles. The molecule has 0 radical (unpaired) electrons. The lowest BCUT2D eigenvalue weighted by Gasteiger charge is -2.22. The van der Waals surface area contributed by atoms with Crippen molar-refractivity contribution in [3.63, 3.8) is 0 Å². The number of pyridine rings is 1. The molecule has 2 heterocycles. The molecule has 4 nitrogen and oxygen atoms in total. The largest absolute Gasteiger partial charge is 0.370 e. The Bertz CT molecular complexity index is 711. The van der Waals surface area contributed by atoms with Crippen LogP contribution in [0.2, 0.25) is 10.0 Å². The average Bonchev–Trinajstić information content (AvgIpc) is 2.88. The molecule has 0 unspecified atom stereocenters. The van der Waals surface area contributed by atoms with Crippen LogP contribution in [-0.4, -0.2) is 24.0 Å². The first-order valence-corrected chi connectivity index (χ1v) is 8.86. The topological polar surface area (TPSA) is 45.2 Å². The lowest BCUT2D eigenvalue weighted by molar-refractivity contribution is 0.102. The second-order valence-corrected chi connectivity index (χ2v) is 6.70. The molecule has 0 saturated carbocycles. The zero-order valence-electron chi connectivity index (χ0n) is 13.3. The van der Waals surface area contributed by atoms with Gasteiger partial charge in [0, 0.05) is 18.8 Å². The van der Waals surface area contributed by atoms with E-state index in [4.69, 9.17) is 23.2 Å². The fourth-order valence-electron chi connectivity index (χ4n) is 2.81. The Morgan fingerprint density at radius 1 is 1.00 bits per heavy atom. The molecule has 0 spiro atoms. The van der Waals surface area contributed by atoms with Crippen molar-refractivity contribution < 1.29 is 4.79 Å². The van der Waals surface area contributed by atoms with Crippen molar-refractivity contribution >= 4 is 40.5 Å². The molecule has 3 rings (SSSR count). The molecular formula is C18H19Cl2N3O. The third kappa shape index (κ3) is 4.19. The summed E-state index contributed by atoms with van der Waals surface area (Å²) in [6.07, 6.45) is 6.76. The number of halogens is 2. The Balaban J connectivity index is 1.68. The maximum Gasteiger partial charge on any atom is 0.274 e. The van der Waals surface area contributed by atoms with Gasteiger partial charge in [-0.2, -0.15) is 0 Å². The molecule has 6 heteroatoms. The summed E-state index contributed by atoms with van der Waals surface area (Å²) in [6.45, 7) is 2.10. The number of amides is 1. The van der Waals surface area contributed by atoms with Gasteiger partial charge in [-0.3, -0.25) is 4.79 Å². The predicted molar refractivity (Wildman–Crippen MR) is 99.3 cm³/mol. The van der Waals surface area contributed by atoms with E-state index in [9.17, 15) is 4.79 Å². The van der Waals surface area contributed by atoms with E-state index in [0.717, 1.165) is 18.8 Å². The maximum absolute atomic E-state index is 12.3. The van der Waals surface area contributed by atoms with Crippen LogP contribution < -0.4 is 10.2 Å². The van der Waals surface area contributed by atoms with Crippen molar-refractivity contribution in [1.29, 1.82) is 0 Å². The Labute approximate surface area is 151 Å². The first-order valence-electron chi connectivity index (χ1n) is 8.11. The Hall–Kier alpha value is -1.78. The van der Waals surface area contributed by atoms with Crippen LogP contribution >= 0.6 is 23.2 Å². The van der Waals surface area contributed by atoms with Crippen LogP contribution in [0.25, 0.3) is 0 Å². The zero-order valence-corrected chi connectivity index (χ0v) is 14.8. The number of benzene rings is 1. The van der Waals surface area contributed by atoms with Crippen LogP contribution in [0.4, 0.5) is 11.4 Å². The van der Waals surface area contributed by atoms with E-state index in [2.05, 4.69) is 15.2 Å². The summed E-state index contributed by atoms with van der Waals surface area (Å²) in [6, 6.07) is 8.69. The highest BCUT2D eigenvalue weighted by Gasteiger charge is 2.13. The molecule has 0 atom stereocenters. The maximum atomic E-state index is 12.3. The Morgan fingerprint density at radius 2 is 1.75 bits per heavy atom. The monoisotopic (exact) mass is 363 g/mol. The van der Waals surface area contributed by atoms with Crippen LogP contribution in [0.5, 0.6) is 0 Å². The molecule has 1 saturated heterocycles. The zero-order chi connectivity index (χ0) is 16.9. The second-order valence-electron chi connectivity index (χ2n) is 5.89. The van der Waals surface area contributed by atoms with Gasteiger partial charge in [0.05, 0.1) is 21.9 Å². The van der Waals surface area contributed by atoms with Gasteiger partial charge in [-0.1, -0.05) is 36.0 Å². The number of hydrogen-bond donors (Lipinski definition) is 1. The van der Waals surface area contributed by atoms with E-state index in [1.807, 2.05) is 6.07 Å². The van der Waals surface area contributed by atoms with E-state index < -0.39 is 0 Å². The minimum Gasteiger partial charge on any atom is -0.370 e. The molecule has 1 amide bonds. The normalized spacial score (nSPS) is 15.0. The highest BCUT2D eigenvalue weighted by Crippen LogP contribution is 2.25. The van der Waals surface area contributed by atoms with Crippen molar-refractivity contribution in [2.24, 2.45) is 0 Å². The van der Waals surface area contributed by atoms with Gasteiger partial charge < -0.3 is 10.2 Å². The lowest BCUT2D eigenvalue weighted by Crippen LogP contribution is -2.24. The van der Waals surface area contributed by atoms with Crippen LogP contribution in [0, 0.1) is 0 Å². The second kappa shape index (κ2) is 7.86. The molecule has 0 aliphatic carbocycles. The molecule has 126 valence electrons. The smallest absolute Gasteiger partial charge is 0.274 e. The van der Waals surface area contributed by atoms with E-state index in [1.165, 1.54) is 25.7 Å². The van der Waals surface area contributed by atoms with Gasteiger partial charge in [0.25, 0.3) is 5.91 Å². The van der Waals surface area contributed by atoms with E-state index in [0.29, 0.717) is 21.4 Å². The number of carbonyl (C=O) groups is 1. The molecule has 1 aliphatic heterocycles. The Kier molecular flexibility index (Phi) is 5.59. The summed E-state index contributed by atoms with van der Waals surface area (Å²) in [5, 5.41) is 3.63. The number of hydrogen-bond acceptors (Lipinski definition) is 3. The van der Waals surface area contributed by atoms with Crippen LogP contribution in [-0.2, 0) is 0 Å². The van der Waals surface area contributed by atoms with Crippen LogP contribution in [0.3, 0.4) is 0 Å². The molecule has 1 fully saturated rings. The van der Waals surface area contributed by atoms with Crippen molar-refractivity contribution in [2.45, 2.75) is 25.7 Å². The minimum absolute atomic E-state index is 0.268. The number of rotatable bonds is 3. The fourth-order valence-corrected chi connectivity index (χ4v) is 3.10. The van der Waals surface area contributed by atoms with Crippen molar-refractivity contribution in [3.8, 4) is 0 Å². The van der Waals surface area contributed by atoms with Gasteiger partial charge in [0.2, 0.25) is 0 Å². The number of aromatic nitrogens is 1. The summed E-state index contributed by atoms with van der Waals surface area (Å²) in [5.41, 5.74) is 2.04. The van der Waals surface area contributed by atoms with Gasteiger partial charge >= 0.3 is 0 Å².